The molecule has 1 unspecified atom stereocenters. The fourth-order valence-electron chi connectivity index (χ4n) is 2.65. The van der Waals surface area contributed by atoms with E-state index in [2.05, 4.69) is 53.5 Å². The molecule has 24 heavy (non-hydrogen) atoms. The summed E-state index contributed by atoms with van der Waals surface area (Å²) in [4.78, 5) is 16.8. The van der Waals surface area contributed by atoms with E-state index in [9.17, 15) is 4.79 Å². The van der Waals surface area contributed by atoms with Crippen LogP contribution >= 0.6 is 0 Å². The SMILES string of the molecule is CC(C)C(C)NC(=O)Nc1ccc(CCN2CCN(C)CC2)cc1. The molecule has 0 bridgehead atoms. The lowest BCUT2D eigenvalue weighted by atomic mass is 10.1. The highest BCUT2D eigenvalue weighted by Crippen LogP contribution is 2.11. The van der Waals surface area contributed by atoms with Crippen molar-refractivity contribution in [2.24, 2.45) is 5.92 Å². The van der Waals surface area contributed by atoms with Crippen molar-refractivity contribution < 1.29 is 4.79 Å². The van der Waals surface area contributed by atoms with Gasteiger partial charge in [-0.15, -0.1) is 0 Å². The predicted octanol–water partition coefficient (Wildman–Crippen LogP) is 2.64. The van der Waals surface area contributed by atoms with Crippen LogP contribution in [0.15, 0.2) is 24.3 Å². The van der Waals surface area contributed by atoms with E-state index in [1.165, 1.54) is 5.56 Å². The third-order valence-electron chi connectivity index (χ3n) is 4.88. The third kappa shape index (κ3) is 6.13. The molecular formula is C19H32N4O. The molecule has 1 aliphatic heterocycles. The first-order chi connectivity index (χ1) is 11.4. The number of hydrogen-bond donors (Lipinski definition) is 2. The van der Waals surface area contributed by atoms with Gasteiger partial charge in [0.15, 0.2) is 0 Å². The molecular weight excluding hydrogens is 300 g/mol. The predicted molar refractivity (Wildman–Crippen MR) is 101 cm³/mol. The lowest BCUT2D eigenvalue weighted by Crippen LogP contribution is -2.45. The zero-order valence-electron chi connectivity index (χ0n) is 15.5. The Kier molecular flexibility index (Phi) is 7.06. The van der Waals surface area contributed by atoms with E-state index in [-0.39, 0.29) is 12.1 Å². The lowest BCUT2D eigenvalue weighted by Gasteiger charge is -2.32. The van der Waals surface area contributed by atoms with Gasteiger partial charge in [0.1, 0.15) is 0 Å². The summed E-state index contributed by atoms with van der Waals surface area (Å²) in [5.74, 6) is 0.424. The van der Waals surface area contributed by atoms with E-state index in [0.717, 1.165) is 44.8 Å². The number of anilines is 1. The average Bonchev–Trinajstić information content (AvgIpc) is 2.55. The van der Waals surface area contributed by atoms with Crippen LogP contribution in [0.2, 0.25) is 0 Å². The first-order valence-corrected chi connectivity index (χ1v) is 9.01. The number of carbonyl (C=O) groups is 1. The maximum Gasteiger partial charge on any atom is 0.319 e. The minimum Gasteiger partial charge on any atom is -0.335 e. The number of carbonyl (C=O) groups excluding carboxylic acids is 1. The molecule has 0 aromatic heterocycles. The van der Waals surface area contributed by atoms with Crippen molar-refractivity contribution in [3.05, 3.63) is 29.8 Å². The molecule has 1 saturated heterocycles. The maximum absolute atomic E-state index is 11.9. The number of hydrogen-bond acceptors (Lipinski definition) is 3. The fraction of sp³-hybridized carbons (Fsp3) is 0.632. The first-order valence-electron chi connectivity index (χ1n) is 9.01. The molecule has 134 valence electrons. The van der Waals surface area contributed by atoms with E-state index in [0.29, 0.717) is 5.92 Å². The quantitative estimate of drug-likeness (QED) is 0.842. The molecule has 5 heteroatoms. The summed E-state index contributed by atoms with van der Waals surface area (Å²) in [5.41, 5.74) is 2.15. The fourth-order valence-corrected chi connectivity index (χ4v) is 2.65. The Morgan fingerprint density at radius 1 is 1.08 bits per heavy atom. The van der Waals surface area contributed by atoms with Crippen LogP contribution in [0.5, 0.6) is 0 Å². The van der Waals surface area contributed by atoms with Crippen molar-refractivity contribution in [1.29, 1.82) is 0 Å². The van der Waals surface area contributed by atoms with Crippen LogP contribution in [-0.2, 0) is 6.42 Å². The van der Waals surface area contributed by atoms with Crippen LogP contribution in [0.4, 0.5) is 10.5 Å². The molecule has 1 heterocycles. The second kappa shape index (κ2) is 9.04. The minimum atomic E-state index is -0.138. The highest BCUT2D eigenvalue weighted by Gasteiger charge is 2.13. The largest absolute Gasteiger partial charge is 0.335 e. The Morgan fingerprint density at radius 2 is 1.71 bits per heavy atom. The van der Waals surface area contributed by atoms with Crippen LogP contribution in [0.25, 0.3) is 0 Å². The monoisotopic (exact) mass is 332 g/mol. The van der Waals surface area contributed by atoms with Gasteiger partial charge >= 0.3 is 6.03 Å². The van der Waals surface area contributed by atoms with Crippen molar-refractivity contribution in [3.63, 3.8) is 0 Å². The number of nitrogens with one attached hydrogen (secondary N) is 2. The van der Waals surface area contributed by atoms with Gasteiger partial charge in [-0.25, -0.2) is 4.79 Å². The van der Waals surface area contributed by atoms with Gasteiger partial charge < -0.3 is 20.4 Å². The number of nitrogens with zero attached hydrogens (tertiary/aromatic N) is 2. The van der Waals surface area contributed by atoms with E-state index >= 15 is 0 Å². The number of benzene rings is 1. The van der Waals surface area contributed by atoms with Crippen LogP contribution in [0.3, 0.4) is 0 Å². The van der Waals surface area contributed by atoms with Gasteiger partial charge in [-0.2, -0.15) is 0 Å². The van der Waals surface area contributed by atoms with Crippen LogP contribution < -0.4 is 10.6 Å². The highest BCUT2D eigenvalue weighted by atomic mass is 16.2. The molecule has 1 fully saturated rings. The highest BCUT2D eigenvalue weighted by molar-refractivity contribution is 5.89. The molecule has 2 amide bonds. The second-order valence-corrected chi connectivity index (χ2v) is 7.22. The van der Waals surface area contributed by atoms with Gasteiger partial charge in [0.2, 0.25) is 0 Å². The molecule has 1 atom stereocenters. The Hall–Kier alpha value is -1.59. The average molecular weight is 332 g/mol. The standard InChI is InChI=1S/C19H32N4O/c1-15(2)16(3)20-19(24)21-18-7-5-17(6-8-18)9-10-23-13-11-22(4)12-14-23/h5-8,15-16H,9-14H2,1-4H3,(H2,20,21,24). The Balaban J connectivity index is 1.75. The molecule has 0 spiro atoms. The molecule has 1 aromatic carbocycles. The van der Waals surface area contributed by atoms with Gasteiger partial charge in [0, 0.05) is 44.5 Å². The Labute approximate surface area is 146 Å². The minimum absolute atomic E-state index is 0.138. The lowest BCUT2D eigenvalue weighted by molar-refractivity contribution is 0.155. The van der Waals surface area contributed by atoms with E-state index < -0.39 is 0 Å². The van der Waals surface area contributed by atoms with Crippen LogP contribution in [0.1, 0.15) is 26.3 Å². The number of amides is 2. The van der Waals surface area contributed by atoms with Crippen LogP contribution in [0, 0.1) is 5.92 Å². The van der Waals surface area contributed by atoms with E-state index in [4.69, 9.17) is 0 Å². The summed E-state index contributed by atoms with van der Waals surface area (Å²) in [5, 5.41) is 5.85. The Bertz CT molecular complexity index is 507. The number of urea groups is 1. The van der Waals surface area contributed by atoms with Gasteiger partial charge in [-0.1, -0.05) is 26.0 Å². The van der Waals surface area contributed by atoms with Gasteiger partial charge in [0.05, 0.1) is 0 Å². The third-order valence-corrected chi connectivity index (χ3v) is 4.88. The zero-order valence-corrected chi connectivity index (χ0v) is 15.5. The van der Waals surface area contributed by atoms with Crippen molar-refractivity contribution in [2.75, 3.05) is 45.1 Å². The first kappa shape index (κ1) is 18.7. The molecule has 2 N–H and O–H groups in total. The molecule has 1 aromatic rings. The topological polar surface area (TPSA) is 47.6 Å². The summed E-state index contributed by atoms with van der Waals surface area (Å²) in [6.07, 6.45) is 1.06. The van der Waals surface area contributed by atoms with Crippen molar-refractivity contribution in [1.82, 2.24) is 15.1 Å². The number of rotatable bonds is 6. The van der Waals surface area contributed by atoms with Gasteiger partial charge in [-0.05, 0) is 44.0 Å². The Morgan fingerprint density at radius 3 is 2.29 bits per heavy atom. The molecule has 5 nitrogen and oxygen atoms in total. The summed E-state index contributed by atoms with van der Waals surface area (Å²) in [7, 11) is 2.18. The summed E-state index contributed by atoms with van der Waals surface area (Å²) in [6, 6.07) is 8.21. The van der Waals surface area contributed by atoms with E-state index in [1.54, 1.807) is 0 Å². The van der Waals surface area contributed by atoms with E-state index in [1.807, 2.05) is 19.1 Å². The van der Waals surface area contributed by atoms with Crippen LogP contribution in [-0.4, -0.2) is 61.6 Å². The van der Waals surface area contributed by atoms with Crippen molar-refractivity contribution >= 4 is 11.7 Å². The van der Waals surface area contributed by atoms with Crippen molar-refractivity contribution in [2.45, 2.75) is 33.2 Å². The summed E-state index contributed by atoms with van der Waals surface area (Å²) < 4.78 is 0. The van der Waals surface area contributed by atoms with Gasteiger partial charge in [-0.3, -0.25) is 0 Å². The van der Waals surface area contributed by atoms with Crippen molar-refractivity contribution in [3.8, 4) is 0 Å². The normalized spacial score (nSPS) is 17.7. The molecule has 0 radical (unpaired) electrons. The maximum atomic E-state index is 11.9. The smallest absolute Gasteiger partial charge is 0.319 e. The molecule has 0 saturated carbocycles. The summed E-state index contributed by atoms with van der Waals surface area (Å²) in [6.45, 7) is 12.0. The number of likely N-dealkylation sites (N-methyl/N-ethyl adjacent to an activating group) is 1. The zero-order chi connectivity index (χ0) is 17.5. The summed E-state index contributed by atoms with van der Waals surface area (Å²) >= 11 is 0. The molecule has 0 aliphatic carbocycles. The second-order valence-electron chi connectivity index (χ2n) is 7.22. The molecule has 2 rings (SSSR count). The van der Waals surface area contributed by atoms with Gasteiger partial charge in [0.25, 0.3) is 0 Å². The molecule has 1 aliphatic rings. The number of piperazine rings is 1.